The topological polar surface area (TPSA) is 77.2 Å². The monoisotopic (exact) mass is 399 g/mol. The minimum Gasteiger partial charge on any atom is -0.480 e. The zero-order valence-corrected chi connectivity index (χ0v) is 16.7. The third-order valence-electron chi connectivity index (χ3n) is 4.64. The number of anilines is 1. The third kappa shape index (κ3) is 4.22. The molecule has 3 aromatic carbocycles. The van der Waals surface area contributed by atoms with Crippen LogP contribution in [0, 0.1) is 6.92 Å². The Kier molecular flexibility index (Phi) is 5.57. The van der Waals surface area contributed by atoms with Crippen LogP contribution in [-0.4, -0.2) is 22.2 Å². The number of hydrogen-bond acceptors (Lipinski definition) is 5. The molecule has 30 heavy (non-hydrogen) atoms. The lowest BCUT2D eigenvalue weighted by Crippen LogP contribution is -2.30. The molecular formula is C24H21N3O3. The molecule has 0 saturated carbocycles. The summed E-state index contributed by atoms with van der Waals surface area (Å²) >= 11 is 0. The van der Waals surface area contributed by atoms with Crippen LogP contribution in [0.3, 0.4) is 0 Å². The van der Waals surface area contributed by atoms with Gasteiger partial charge in [-0.25, -0.2) is 0 Å². The predicted molar refractivity (Wildman–Crippen MR) is 115 cm³/mol. The van der Waals surface area contributed by atoms with Gasteiger partial charge in [0, 0.05) is 11.3 Å². The SMILES string of the molecule is Cc1ccccc1NC(=O)C(C)Oc1ccccc1-c1nnc(-c2ccccc2)o1. The highest BCUT2D eigenvalue weighted by atomic mass is 16.5. The molecule has 4 rings (SSSR count). The van der Waals surface area contributed by atoms with Crippen LogP contribution >= 0.6 is 0 Å². The van der Waals surface area contributed by atoms with Crippen molar-refractivity contribution < 1.29 is 13.9 Å². The van der Waals surface area contributed by atoms with Gasteiger partial charge in [-0.15, -0.1) is 10.2 Å². The molecule has 1 unspecified atom stereocenters. The van der Waals surface area contributed by atoms with E-state index in [0.717, 1.165) is 16.8 Å². The third-order valence-corrected chi connectivity index (χ3v) is 4.64. The number of amides is 1. The largest absolute Gasteiger partial charge is 0.480 e. The van der Waals surface area contributed by atoms with Gasteiger partial charge in [-0.05, 0) is 49.7 Å². The first-order valence-electron chi connectivity index (χ1n) is 9.63. The number of ether oxygens (including phenoxy) is 1. The summed E-state index contributed by atoms with van der Waals surface area (Å²) in [5, 5.41) is 11.2. The normalized spacial score (nSPS) is 11.7. The Morgan fingerprint density at radius 1 is 0.900 bits per heavy atom. The second-order valence-electron chi connectivity index (χ2n) is 6.84. The lowest BCUT2D eigenvalue weighted by atomic mass is 10.2. The molecule has 0 radical (unpaired) electrons. The summed E-state index contributed by atoms with van der Waals surface area (Å²) in [5.74, 6) is 1.00. The molecule has 150 valence electrons. The maximum absolute atomic E-state index is 12.6. The number of nitrogens with zero attached hydrogens (tertiary/aromatic N) is 2. The van der Waals surface area contributed by atoms with Crippen molar-refractivity contribution in [3.05, 3.63) is 84.4 Å². The molecule has 1 aromatic heterocycles. The van der Waals surface area contributed by atoms with E-state index in [1.807, 2.05) is 79.7 Å². The zero-order valence-electron chi connectivity index (χ0n) is 16.7. The molecule has 6 heteroatoms. The number of rotatable bonds is 6. The van der Waals surface area contributed by atoms with Crippen LogP contribution in [0.4, 0.5) is 5.69 Å². The minimum absolute atomic E-state index is 0.241. The fourth-order valence-corrected chi connectivity index (χ4v) is 2.97. The Hall–Kier alpha value is -3.93. The summed E-state index contributed by atoms with van der Waals surface area (Å²) in [6, 6.07) is 24.4. The van der Waals surface area contributed by atoms with E-state index in [0.29, 0.717) is 23.1 Å². The highest BCUT2D eigenvalue weighted by molar-refractivity contribution is 5.94. The molecule has 1 heterocycles. The zero-order chi connectivity index (χ0) is 20.9. The Balaban J connectivity index is 1.53. The smallest absolute Gasteiger partial charge is 0.265 e. The van der Waals surface area contributed by atoms with Crippen LogP contribution in [0.2, 0.25) is 0 Å². The number of carbonyl (C=O) groups is 1. The van der Waals surface area contributed by atoms with Gasteiger partial charge >= 0.3 is 0 Å². The average molecular weight is 399 g/mol. The van der Waals surface area contributed by atoms with Crippen molar-refractivity contribution in [1.82, 2.24) is 10.2 Å². The molecule has 0 aliphatic heterocycles. The van der Waals surface area contributed by atoms with E-state index < -0.39 is 6.10 Å². The highest BCUT2D eigenvalue weighted by Crippen LogP contribution is 2.31. The standard InChI is InChI=1S/C24H21N3O3/c1-16-10-6-8-14-20(16)25-22(28)17(2)29-21-15-9-7-13-19(21)24-27-26-23(30-24)18-11-4-3-5-12-18/h3-15,17H,1-2H3,(H,25,28). The van der Waals surface area contributed by atoms with Crippen LogP contribution in [0.1, 0.15) is 12.5 Å². The van der Waals surface area contributed by atoms with Gasteiger partial charge in [0.2, 0.25) is 5.89 Å². The molecule has 0 aliphatic rings. The fraction of sp³-hybridized carbons (Fsp3) is 0.125. The van der Waals surface area contributed by atoms with Crippen molar-refractivity contribution in [2.75, 3.05) is 5.32 Å². The second kappa shape index (κ2) is 8.61. The van der Waals surface area contributed by atoms with Gasteiger partial charge < -0.3 is 14.5 Å². The fourth-order valence-electron chi connectivity index (χ4n) is 2.97. The number of benzene rings is 3. The summed E-state index contributed by atoms with van der Waals surface area (Å²) < 4.78 is 11.8. The van der Waals surface area contributed by atoms with E-state index >= 15 is 0 Å². The van der Waals surface area contributed by atoms with Crippen molar-refractivity contribution in [2.45, 2.75) is 20.0 Å². The maximum Gasteiger partial charge on any atom is 0.265 e. The molecule has 0 bridgehead atoms. The van der Waals surface area contributed by atoms with Gasteiger partial charge in [0.1, 0.15) is 5.75 Å². The molecule has 0 saturated heterocycles. The Morgan fingerprint density at radius 3 is 2.37 bits per heavy atom. The van der Waals surface area contributed by atoms with Crippen LogP contribution in [-0.2, 0) is 4.79 Å². The Morgan fingerprint density at radius 2 is 1.57 bits per heavy atom. The van der Waals surface area contributed by atoms with Crippen molar-refractivity contribution in [3.8, 4) is 28.7 Å². The Bertz CT molecular complexity index is 1160. The molecule has 1 N–H and O–H groups in total. The summed E-state index contributed by atoms with van der Waals surface area (Å²) in [5.41, 5.74) is 3.21. The lowest BCUT2D eigenvalue weighted by molar-refractivity contribution is -0.122. The first-order chi connectivity index (χ1) is 14.6. The summed E-state index contributed by atoms with van der Waals surface area (Å²) in [4.78, 5) is 12.6. The number of carbonyl (C=O) groups excluding carboxylic acids is 1. The number of hydrogen-bond donors (Lipinski definition) is 1. The quantitative estimate of drug-likeness (QED) is 0.487. The van der Waals surface area contributed by atoms with Gasteiger partial charge in [-0.2, -0.15) is 0 Å². The van der Waals surface area contributed by atoms with E-state index in [1.165, 1.54) is 0 Å². The summed E-state index contributed by atoms with van der Waals surface area (Å²) in [6.45, 7) is 3.64. The van der Waals surface area contributed by atoms with Crippen LogP contribution in [0.25, 0.3) is 22.9 Å². The van der Waals surface area contributed by atoms with Gasteiger partial charge in [-0.3, -0.25) is 4.79 Å². The van der Waals surface area contributed by atoms with Crippen LogP contribution in [0.15, 0.2) is 83.3 Å². The van der Waals surface area contributed by atoms with E-state index in [1.54, 1.807) is 13.0 Å². The minimum atomic E-state index is -0.720. The van der Waals surface area contributed by atoms with E-state index in [9.17, 15) is 4.79 Å². The van der Waals surface area contributed by atoms with E-state index in [2.05, 4.69) is 15.5 Å². The molecule has 0 fully saturated rings. The number of nitrogens with one attached hydrogen (secondary N) is 1. The van der Waals surface area contributed by atoms with Crippen molar-refractivity contribution in [2.24, 2.45) is 0 Å². The molecule has 0 aliphatic carbocycles. The van der Waals surface area contributed by atoms with Gasteiger partial charge in [-0.1, -0.05) is 48.5 Å². The number of aromatic nitrogens is 2. The molecule has 0 spiro atoms. The van der Waals surface area contributed by atoms with Crippen molar-refractivity contribution in [3.63, 3.8) is 0 Å². The molecule has 4 aromatic rings. The van der Waals surface area contributed by atoms with Gasteiger partial charge in [0.15, 0.2) is 6.10 Å². The average Bonchev–Trinajstić information content (AvgIpc) is 3.26. The number of aryl methyl sites for hydroxylation is 1. The molecular weight excluding hydrogens is 378 g/mol. The van der Waals surface area contributed by atoms with E-state index in [4.69, 9.17) is 9.15 Å². The van der Waals surface area contributed by atoms with Crippen molar-refractivity contribution >= 4 is 11.6 Å². The summed E-state index contributed by atoms with van der Waals surface area (Å²) in [6.07, 6.45) is -0.720. The highest BCUT2D eigenvalue weighted by Gasteiger charge is 2.20. The van der Waals surface area contributed by atoms with E-state index in [-0.39, 0.29) is 5.91 Å². The molecule has 1 amide bonds. The first-order valence-corrected chi connectivity index (χ1v) is 9.63. The van der Waals surface area contributed by atoms with Crippen LogP contribution in [0.5, 0.6) is 5.75 Å². The second-order valence-corrected chi connectivity index (χ2v) is 6.84. The molecule has 1 atom stereocenters. The summed E-state index contributed by atoms with van der Waals surface area (Å²) in [7, 11) is 0. The molecule has 6 nitrogen and oxygen atoms in total. The maximum atomic E-state index is 12.6. The van der Waals surface area contributed by atoms with Gasteiger partial charge in [0.25, 0.3) is 11.8 Å². The van der Waals surface area contributed by atoms with Crippen molar-refractivity contribution in [1.29, 1.82) is 0 Å². The number of para-hydroxylation sites is 2. The van der Waals surface area contributed by atoms with Crippen LogP contribution < -0.4 is 10.1 Å². The lowest BCUT2D eigenvalue weighted by Gasteiger charge is -2.17. The predicted octanol–water partition coefficient (Wildman–Crippen LogP) is 5.12. The van der Waals surface area contributed by atoms with Gasteiger partial charge in [0.05, 0.1) is 5.56 Å². The first kappa shape index (κ1) is 19.4. The Labute approximate surface area is 174 Å².